The summed E-state index contributed by atoms with van der Waals surface area (Å²) in [6.45, 7) is 14.0. The summed E-state index contributed by atoms with van der Waals surface area (Å²) >= 11 is 0. The standard InChI is InChI=1S/C25H30N4O/c1-26-22-8-11-25-24(17-22)21(18-27-25)5-3-4-12-28-13-15-29(16-14-28)19-20-6-9-23(30-2)10-7-20/h6-11,17-18,27H,3-5,12-16,19H2,2H3. The fourth-order valence-electron chi connectivity index (χ4n) is 4.25. The van der Waals surface area contributed by atoms with Gasteiger partial charge < -0.3 is 14.6 Å². The van der Waals surface area contributed by atoms with Crippen molar-refractivity contribution in [1.29, 1.82) is 0 Å². The van der Waals surface area contributed by atoms with Gasteiger partial charge in [0.1, 0.15) is 5.75 Å². The fraction of sp³-hybridized carbons (Fsp3) is 0.400. The zero-order valence-electron chi connectivity index (χ0n) is 17.7. The topological polar surface area (TPSA) is 35.9 Å². The van der Waals surface area contributed by atoms with Crippen molar-refractivity contribution >= 4 is 16.6 Å². The van der Waals surface area contributed by atoms with E-state index in [0.717, 1.165) is 56.1 Å². The van der Waals surface area contributed by atoms with Gasteiger partial charge in [-0.15, -0.1) is 0 Å². The van der Waals surface area contributed by atoms with Crippen LogP contribution in [-0.4, -0.2) is 54.6 Å². The largest absolute Gasteiger partial charge is 0.497 e. The summed E-state index contributed by atoms with van der Waals surface area (Å²) in [5.74, 6) is 0.919. The molecule has 4 rings (SSSR count). The second-order valence-corrected chi connectivity index (χ2v) is 8.08. The molecule has 3 aromatic rings. The van der Waals surface area contributed by atoms with Crippen LogP contribution in [0.4, 0.5) is 5.69 Å². The first-order valence-corrected chi connectivity index (χ1v) is 10.8. The van der Waals surface area contributed by atoms with Crippen molar-refractivity contribution in [2.75, 3.05) is 39.8 Å². The van der Waals surface area contributed by atoms with Crippen LogP contribution in [0.3, 0.4) is 0 Å². The molecule has 0 spiro atoms. The third kappa shape index (κ3) is 5.02. The lowest BCUT2D eigenvalue weighted by Crippen LogP contribution is -2.46. The number of nitrogens with one attached hydrogen (secondary N) is 1. The summed E-state index contributed by atoms with van der Waals surface area (Å²) in [5.41, 5.74) is 4.53. The summed E-state index contributed by atoms with van der Waals surface area (Å²) in [6, 6.07) is 14.3. The highest BCUT2D eigenvalue weighted by Crippen LogP contribution is 2.25. The molecule has 156 valence electrons. The summed E-state index contributed by atoms with van der Waals surface area (Å²) < 4.78 is 5.24. The van der Waals surface area contributed by atoms with Gasteiger partial charge >= 0.3 is 0 Å². The van der Waals surface area contributed by atoms with Crippen LogP contribution in [0.15, 0.2) is 48.7 Å². The quantitative estimate of drug-likeness (QED) is 0.431. The first kappa shape index (κ1) is 20.5. The Kier molecular flexibility index (Phi) is 6.68. The summed E-state index contributed by atoms with van der Waals surface area (Å²) in [7, 11) is 1.71. The van der Waals surface area contributed by atoms with E-state index >= 15 is 0 Å². The number of hydrogen-bond donors (Lipinski definition) is 1. The maximum Gasteiger partial charge on any atom is 0.187 e. The number of benzene rings is 2. The number of rotatable bonds is 8. The minimum absolute atomic E-state index is 0.718. The number of aromatic amines is 1. The molecule has 1 aliphatic heterocycles. The lowest BCUT2D eigenvalue weighted by atomic mass is 10.1. The maximum atomic E-state index is 7.22. The highest BCUT2D eigenvalue weighted by Gasteiger charge is 2.16. The molecule has 0 unspecified atom stereocenters. The van der Waals surface area contributed by atoms with Crippen LogP contribution in [0.2, 0.25) is 0 Å². The van der Waals surface area contributed by atoms with Gasteiger partial charge in [-0.25, -0.2) is 4.85 Å². The molecule has 1 saturated heterocycles. The Morgan fingerprint density at radius 2 is 1.77 bits per heavy atom. The molecule has 0 amide bonds. The van der Waals surface area contributed by atoms with Gasteiger partial charge in [0.25, 0.3) is 0 Å². The van der Waals surface area contributed by atoms with E-state index in [1.54, 1.807) is 7.11 Å². The van der Waals surface area contributed by atoms with E-state index in [0.29, 0.717) is 0 Å². The molecule has 2 aromatic carbocycles. The smallest absolute Gasteiger partial charge is 0.187 e. The average Bonchev–Trinajstić information content (AvgIpc) is 3.20. The van der Waals surface area contributed by atoms with E-state index < -0.39 is 0 Å². The van der Waals surface area contributed by atoms with Crippen molar-refractivity contribution in [3.05, 3.63) is 71.2 Å². The Hall–Kier alpha value is -2.81. The first-order valence-electron chi connectivity index (χ1n) is 10.8. The number of unbranched alkanes of at least 4 members (excludes halogenated alkanes) is 1. The SMILES string of the molecule is [C-]#[N+]c1ccc2[nH]cc(CCCCN3CCN(Cc4ccc(OC)cc4)CC3)c2c1. The van der Waals surface area contributed by atoms with Crippen molar-refractivity contribution in [3.63, 3.8) is 0 Å². The molecule has 1 fully saturated rings. The van der Waals surface area contributed by atoms with Crippen molar-refractivity contribution in [2.24, 2.45) is 0 Å². The number of hydrogen-bond acceptors (Lipinski definition) is 3. The molecule has 0 radical (unpaired) electrons. The highest BCUT2D eigenvalue weighted by atomic mass is 16.5. The van der Waals surface area contributed by atoms with Gasteiger partial charge in [0.2, 0.25) is 0 Å². The third-order valence-corrected chi connectivity index (χ3v) is 6.08. The Morgan fingerprint density at radius 3 is 2.50 bits per heavy atom. The first-order chi connectivity index (χ1) is 14.7. The summed E-state index contributed by atoms with van der Waals surface area (Å²) in [4.78, 5) is 12.0. The lowest BCUT2D eigenvalue weighted by molar-refractivity contribution is 0.125. The Labute approximate surface area is 179 Å². The minimum atomic E-state index is 0.718. The molecule has 1 N–H and O–H groups in total. The number of fused-ring (bicyclic) bond motifs is 1. The van der Waals surface area contributed by atoms with Crippen molar-refractivity contribution < 1.29 is 4.74 Å². The molecule has 5 nitrogen and oxygen atoms in total. The van der Waals surface area contributed by atoms with Crippen molar-refractivity contribution in [3.8, 4) is 5.75 Å². The zero-order chi connectivity index (χ0) is 20.8. The number of aryl methyl sites for hydroxylation is 1. The number of H-pyrrole nitrogens is 1. The van der Waals surface area contributed by atoms with Gasteiger partial charge in [0.15, 0.2) is 5.69 Å². The molecule has 30 heavy (non-hydrogen) atoms. The van der Waals surface area contributed by atoms with Crippen LogP contribution in [0.1, 0.15) is 24.0 Å². The average molecular weight is 403 g/mol. The van der Waals surface area contributed by atoms with Crippen LogP contribution in [0, 0.1) is 6.57 Å². The highest BCUT2D eigenvalue weighted by molar-refractivity contribution is 5.86. The van der Waals surface area contributed by atoms with Crippen LogP contribution >= 0.6 is 0 Å². The van der Waals surface area contributed by atoms with E-state index in [9.17, 15) is 0 Å². The monoisotopic (exact) mass is 402 g/mol. The molecule has 0 atom stereocenters. The van der Waals surface area contributed by atoms with E-state index in [1.165, 1.54) is 35.9 Å². The van der Waals surface area contributed by atoms with Crippen LogP contribution < -0.4 is 4.74 Å². The maximum absolute atomic E-state index is 7.22. The van der Waals surface area contributed by atoms with Crippen molar-refractivity contribution in [2.45, 2.75) is 25.8 Å². The number of methoxy groups -OCH3 is 1. The minimum Gasteiger partial charge on any atom is -0.497 e. The van der Waals surface area contributed by atoms with Gasteiger partial charge in [0, 0.05) is 44.4 Å². The second-order valence-electron chi connectivity index (χ2n) is 8.08. The van der Waals surface area contributed by atoms with Gasteiger partial charge in [-0.05, 0) is 66.6 Å². The lowest BCUT2D eigenvalue weighted by Gasteiger charge is -2.34. The van der Waals surface area contributed by atoms with E-state index in [-0.39, 0.29) is 0 Å². The van der Waals surface area contributed by atoms with Crippen LogP contribution in [-0.2, 0) is 13.0 Å². The third-order valence-electron chi connectivity index (χ3n) is 6.08. The number of piperazine rings is 1. The van der Waals surface area contributed by atoms with Gasteiger partial charge in [-0.2, -0.15) is 0 Å². The van der Waals surface area contributed by atoms with Crippen LogP contribution in [0.25, 0.3) is 15.7 Å². The molecule has 1 aliphatic rings. The number of aromatic nitrogens is 1. The molecule has 5 heteroatoms. The van der Waals surface area contributed by atoms with Gasteiger partial charge in [-0.3, -0.25) is 4.90 Å². The zero-order valence-corrected chi connectivity index (χ0v) is 17.7. The predicted molar refractivity (Wildman–Crippen MR) is 122 cm³/mol. The summed E-state index contributed by atoms with van der Waals surface area (Å²) in [6.07, 6.45) is 5.57. The molecular formula is C25H30N4O. The molecule has 0 aliphatic carbocycles. The molecule has 2 heterocycles. The molecule has 1 aromatic heterocycles. The Balaban J connectivity index is 1.18. The van der Waals surface area contributed by atoms with Gasteiger partial charge in [0.05, 0.1) is 13.7 Å². The van der Waals surface area contributed by atoms with E-state index in [2.05, 4.69) is 38.0 Å². The fourth-order valence-corrected chi connectivity index (χ4v) is 4.25. The van der Waals surface area contributed by atoms with Crippen LogP contribution in [0.5, 0.6) is 5.75 Å². The normalized spacial score (nSPS) is 15.3. The second kappa shape index (κ2) is 9.80. The Morgan fingerprint density at radius 1 is 1.00 bits per heavy atom. The number of ether oxygens (including phenoxy) is 1. The van der Waals surface area contributed by atoms with Gasteiger partial charge in [-0.1, -0.05) is 18.2 Å². The molecule has 0 saturated carbocycles. The molecule has 0 bridgehead atoms. The van der Waals surface area contributed by atoms with E-state index in [1.807, 2.05) is 30.3 Å². The number of nitrogens with zero attached hydrogens (tertiary/aromatic N) is 3. The Bertz CT molecular complexity index is 994. The predicted octanol–water partition coefficient (Wildman–Crippen LogP) is 4.87. The summed E-state index contributed by atoms with van der Waals surface area (Å²) in [5, 5.41) is 1.20. The van der Waals surface area contributed by atoms with E-state index in [4.69, 9.17) is 11.3 Å². The van der Waals surface area contributed by atoms with Crippen molar-refractivity contribution in [1.82, 2.24) is 14.8 Å². The molecular weight excluding hydrogens is 372 g/mol.